The zero-order valence-corrected chi connectivity index (χ0v) is 11.7. The normalized spacial score (nSPS) is 16.1. The summed E-state index contributed by atoms with van der Waals surface area (Å²) >= 11 is 2.03. The molecule has 0 radical (unpaired) electrons. The van der Waals surface area contributed by atoms with Crippen LogP contribution in [-0.4, -0.2) is 23.5 Å². The Kier molecular flexibility index (Phi) is 3.58. The van der Waals surface area contributed by atoms with E-state index in [1.54, 1.807) is 12.1 Å². The second-order valence-electron chi connectivity index (χ2n) is 4.43. The summed E-state index contributed by atoms with van der Waals surface area (Å²) in [5.74, 6) is -1.24. The Morgan fingerprint density at radius 3 is 2.61 bits per heavy atom. The molecule has 4 N–H and O–H groups in total. The third-order valence-electron chi connectivity index (χ3n) is 3.19. The van der Waals surface area contributed by atoms with E-state index in [-0.39, 0.29) is 11.5 Å². The highest BCUT2D eigenvalue weighted by molar-refractivity contribution is 14.1. The van der Waals surface area contributed by atoms with Crippen LogP contribution in [0.5, 0.6) is 0 Å². The first-order chi connectivity index (χ1) is 8.48. The summed E-state index contributed by atoms with van der Waals surface area (Å²) in [6.45, 7) is 0.297. The topological polar surface area (TPSA) is 92.4 Å². The van der Waals surface area contributed by atoms with Gasteiger partial charge in [-0.25, -0.2) is 4.79 Å². The summed E-state index contributed by atoms with van der Waals surface area (Å²) in [5, 5.41) is 11.8. The Hall–Kier alpha value is -1.15. The molecule has 1 amide bonds. The number of carbonyl (C=O) groups excluding carboxylic acids is 1. The maximum atomic E-state index is 12.0. The van der Waals surface area contributed by atoms with Crippen LogP contribution in [0.15, 0.2) is 18.2 Å². The number of hydrogen-bond donors (Lipinski definition) is 3. The van der Waals surface area contributed by atoms with Gasteiger partial charge in [-0.3, -0.25) is 4.79 Å². The largest absolute Gasteiger partial charge is 0.478 e. The monoisotopic (exact) mass is 360 g/mol. The van der Waals surface area contributed by atoms with Gasteiger partial charge in [-0.15, -0.1) is 0 Å². The number of carboxylic acid groups (broad SMARTS) is 1. The summed E-state index contributed by atoms with van der Waals surface area (Å²) < 4.78 is 0.808. The van der Waals surface area contributed by atoms with Crippen LogP contribution in [0.4, 0.5) is 5.69 Å². The lowest BCUT2D eigenvalue weighted by molar-refractivity contribution is -0.120. The number of nitrogens with two attached hydrogens (primary N) is 1. The highest BCUT2D eigenvalue weighted by atomic mass is 127. The maximum absolute atomic E-state index is 12.0. The molecule has 0 atom stereocenters. The van der Waals surface area contributed by atoms with Gasteiger partial charge >= 0.3 is 5.97 Å². The number of anilines is 1. The minimum atomic E-state index is -1.05. The zero-order chi connectivity index (χ0) is 13.3. The molecule has 0 aromatic heterocycles. The lowest BCUT2D eigenvalue weighted by Gasteiger charge is -2.14. The molecule has 0 bridgehead atoms. The first-order valence-electron chi connectivity index (χ1n) is 5.53. The van der Waals surface area contributed by atoms with Gasteiger partial charge in [0.2, 0.25) is 5.91 Å². The minimum absolute atomic E-state index is 0.100. The number of benzene rings is 1. The number of aromatic carboxylic acids is 1. The van der Waals surface area contributed by atoms with Gasteiger partial charge in [-0.2, -0.15) is 0 Å². The Balaban J connectivity index is 2.24. The van der Waals surface area contributed by atoms with Crippen molar-refractivity contribution in [1.82, 2.24) is 0 Å². The summed E-state index contributed by atoms with van der Waals surface area (Å²) in [4.78, 5) is 23.1. The van der Waals surface area contributed by atoms with Crippen LogP contribution in [-0.2, 0) is 4.79 Å². The van der Waals surface area contributed by atoms with E-state index in [1.807, 2.05) is 22.6 Å². The van der Waals surface area contributed by atoms with Crippen molar-refractivity contribution in [3.8, 4) is 0 Å². The van der Waals surface area contributed by atoms with Crippen LogP contribution in [0.2, 0.25) is 0 Å². The molecule has 2 rings (SSSR count). The summed E-state index contributed by atoms with van der Waals surface area (Å²) in [7, 11) is 0. The van der Waals surface area contributed by atoms with Crippen LogP contribution in [0.1, 0.15) is 23.2 Å². The molecule has 0 spiro atoms. The van der Waals surface area contributed by atoms with E-state index in [2.05, 4.69) is 5.32 Å². The minimum Gasteiger partial charge on any atom is -0.478 e. The molecule has 0 aliphatic heterocycles. The van der Waals surface area contributed by atoms with Gasteiger partial charge in [0.15, 0.2) is 0 Å². The van der Waals surface area contributed by atoms with Gasteiger partial charge in [-0.05, 0) is 53.6 Å². The predicted octanol–water partition coefficient (Wildman–Crippen LogP) is 1.67. The Bertz CT molecular complexity index is 512. The van der Waals surface area contributed by atoms with E-state index < -0.39 is 11.4 Å². The first-order valence-corrected chi connectivity index (χ1v) is 6.61. The van der Waals surface area contributed by atoms with E-state index in [0.717, 1.165) is 16.4 Å². The molecule has 18 heavy (non-hydrogen) atoms. The van der Waals surface area contributed by atoms with Gasteiger partial charge in [0.25, 0.3) is 0 Å². The average Bonchev–Trinajstić information content (AvgIpc) is 3.12. The molecule has 0 unspecified atom stereocenters. The van der Waals surface area contributed by atoms with Crippen LogP contribution in [0.25, 0.3) is 0 Å². The molecule has 1 aromatic rings. The highest BCUT2D eigenvalue weighted by Gasteiger charge is 2.48. The van der Waals surface area contributed by atoms with Crippen molar-refractivity contribution in [2.24, 2.45) is 11.1 Å². The number of amides is 1. The molecule has 1 aliphatic rings. The molecule has 1 fully saturated rings. The van der Waals surface area contributed by atoms with E-state index >= 15 is 0 Å². The second kappa shape index (κ2) is 4.85. The Morgan fingerprint density at radius 1 is 1.44 bits per heavy atom. The highest BCUT2D eigenvalue weighted by Crippen LogP contribution is 2.45. The van der Waals surface area contributed by atoms with Gasteiger partial charge in [0, 0.05) is 10.1 Å². The summed E-state index contributed by atoms with van der Waals surface area (Å²) in [6, 6.07) is 4.89. The van der Waals surface area contributed by atoms with Crippen molar-refractivity contribution in [2.75, 3.05) is 11.9 Å². The fraction of sp³-hybridized carbons (Fsp3) is 0.333. The van der Waals surface area contributed by atoms with Crippen molar-refractivity contribution in [3.05, 3.63) is 27.3 Å². The summed E-state index contributed by atoms with van der Waals surface area (Å²) in [6.07, 6.45) is 1.53. The molecular formula is C12H13IN2O3. The first kappa shape index (κ1) is 13.3. The number of carbonyl (C=O) groups is 2. The van der Waals surface area contributed by atoms with Crippen LogP contribution in [0.3, 0.4) is 0 Å². The second-order valence-corrected chi connectivity index (χ2v) is 5.68. The molecule has 1 aromatic carbocycles. The summed E-state index contributed by atoms with van der Waals surface area (Å²) in [5.41, 5.74) is 5.51. The quantitative estimate of drug-likeness (QED) is 0.713. The van der Waals surface area contributed by atoms with Crippen molar-refractivity contribution >= 4 is 40.2 Å². The van der Waals surface area contributed by atoms with Crippen molar-refractivity contribution in [3.63, 3.8) is 0 Å². The van der Waals surface area contributed by atoms with Gasteiger partial charge in [-0.1, -0.05) is 0 Å². The van der Waals surface area contributed by atoms with E-state index in [0.29, 0.717) is 12.2 Å². The number of hydrogen-bond acceptors (Lipinski definition) is 3. The molecule has 1 saturated carbocycles. The van der Waals surface area contributed by atoms with Gasteiger partial charge < -0.3 is 16.2 Å². The number of carboxylic acids is 1. The average molecular weight is 360 g/mol. The number of halogens is 1. The Labute approximate surface area is 118 Å². The van der Waals surface area contributed by atoms with Crippen molar-refractivity contribution in [1.29, 1.82) is 0 Å². The van der Waals surface area contributed by atoms with Crippen LogP contribution in [0, 0.1) is 8.99 Å². The van der Waals surface area contributed by atoms with E-state index in [9.17, 15) is 9.59 Å². The number of nitrogens with one attached hydrogen (secondary N) is 1. The van der Waals surface area contributed by atoms with E-state index in [1.165, 1.54) is 6.07 Å². The van der Waals surface area contributed by atoms with Crippen molar-refractivity contribution in [2.45, 2.75) is 12.8 Å². The molecule has 1 aliphatic carbocycles. The standard InChI is InChI=1S/C12H13IN2O3/c13-7-1-2-9(8(5-7)10(16)17)15-11(18)12(6-14)3-4-12/h1-2,5H,3-4,6,14H2,(H,15,18)(H,16,17). The maximum Gasteiger partial charge on any atom is 0.337 e. The molecule has 96 valence electrons. The fourth-order valence-electron chi connectivity index (χ4n) is 1.73. The SMILES string of the molecule is NCC1(C(=O)Nc2ccc(I)cc2C(=O)O)CC1. The molecule has 5 nitrogen and oxygen atoms in total. The zero-order valence-electron chi connectivity index (χ0n) is 9.57. The molecule has 6 heteroatoms. The Morgan fingerprint density at radius 2 is 2.11 bits per heavy atom. The molecule has 0 saturated heterocycles. The molecule has 0 heterocycles. The van der Waals surface area contributed by atoms with Crippen LogP contribution >= 0.6 is 22.6 Å². The van der Waals surface area contributed by atoms with Crippen molar-refractivity contribution < 1.29 is 14.7 Å². The smallest absolute Gasteiger partial charge is 0.337 e. The predicted molar refractivity (Wildman–Crippen MR) is 75.5 cm³/mol. The van der Waals surface area contributed by atoms with Crippen LogP contribution < -0.4 is 11.1 Å². The molecular weight excluding hydrogens is 347 g/mol. The third kappa shape index (κ3) is 2.49. The fourth-order valence-corrected chi connectivity index (χ4v) is 2.22. The van der Waals surface area contributed by atoms with Gasteiger partial charge in [0.05, 0.1) is 16.7 Å². The van der Waals surface area contributed by atoms with Gasteiger partial charge in [0.1, 0.15) is 0 Å². The lowest BCUT2D eigenvalue weighted by atomic mass is 10.1. The number of rotatable bonds is 4. The lowest BCUT2D eigenvalue weighted by Crippen LogP contribution is -2.31. The third-order valence-corrected chi connectivity index (χ3v) is 3.86. The van der Waals surface area contributed by atoms with E-state index in [4.69, 9.17) is 10.8 Å².